The van der Waals surface area contributed by atoms with Gasteiger partial charge in [0.2, 0.25) is 0 Å². The van der Waals surface area contributed by atoms with Crippen LogP contribution in [0.3, 0.4) is 0 Å². The normalized spacial score (nSPS) is 10.2. The third-order valence-corrected chi connectivity index (χ3v) is 3.85. The van der Waals surface area contributed by atoms with Crippen LogP contribution < -0.4 is 20.1 Å². The number of carbonyl (C=O) groups excluding carboxylic acids is 1. The number of methoxy groups -OCH3 is 1. The summed E-state index contributed by atoms with van der Waals surface area (Å²) in [6, 6.07) is 16.3. The molecule has 0 atom stereocenters. The van der Waals surface area contributed by atoms with Gasteiger partial charge in [0, 0.05) is 12.1 Å². The number of benzene rings is 2. The number of halogens is 1. The van der Waals surface area contributed by atoms with E-state index < -0.39 is 11.7 Å². The lowest BCUT2D eigenvalue weighted by atomic mass is 10.2. The zero-order chi connectivity index (χ0) is 19.8. The molecule has 0 aliphatic rings. The Morgan fingerprint density at radius 3 is 2.54 bits per heavy atom. The number of pyridine rings is 1. The van der Waals surface area contributed by atoms with Gasteiger partial charge in [-0.1, -0.05) is 6.07 Å². The summed E-state index contributed by atoms with van der Waals surface area (Å²) in [4.78, 5) is 16.3. The largest absolute Gasteiger partial charge is 0.497 e. The summed E-state index contributed by atoms with van der Waals surface area (Å²) in [6.45, 7) is 1.06. The molecule has 0 spiro atoms. The van der Waals surface area contributed by atoms with Gasteiger partial charge in [-0.15, -0.1) is 0 Å². The Bertz CT molecular complexity index is 915. The molecule has 0 aliphatic heterocycles. The van der Waals surface area contributed by atoms with Gasteiger partial charge < -0.3 is 20.1 Å². The third-order valence-electron chi connectivity index (χ3n) is 3.85. The summed E-state index contributed by atoms with van der Waals surface area (Å²) < 4.78 is 23.9. The summed E-state index contributed by atoms with van der Waals surface area (Å²) in [5.74, 6) is 1.05. The maximum Gasteiger partial charge on any atom is 0.256 e. The van der Waals surface area contributed by atoms with E-state index in [1.165, 1.54) is 24.3 Å². The number of anilines is 2. The van der Waals surface area contributed by atoms with E-state index in [0.29, 0.717) is 19.0 Å². The van der Waals surface area contributed by atoms with E-state index >= 15 is 0 Å². The molecule has 0 bridgehead atoms. The summed E-state index contributed by atoms with van der Waals surface area (Å²) in [5, 5.41) is 5.81. The highest BCUT2D eigenvalue weighted by molar-refractivity contribution is 6.03. The van der Waals surface area contributed by atoms with Crippen LogP contribution in [0.4, 0.5) is 15.9 Å². The maximum atomic E-state index is 13.2. The van der Waals surface area contributed by atoms with Crippen molar-refractivity contribution in [2.45, 2.75) is 0 Å². The lowest BCUT2D eigenvalue weighted by Crippen LogP contribution is -2.14. The summed E-state index contributed by atoms with van der Waals surface area (Å²) >= 11 is 0. The topological polar surface area (TPSA) is 72.5 Å². The van der Waals surface area contributed by atoms with Crippen molar-refractivity contribution in [1.82, 2.24) is 4.98 Å². The Morgan fingerprint density at radius 2 is 1.86 bits per heavy atom. The standard InChI is InChI=1S/C21H20FN3O3/c1-27-18-6-8-19(9-7-18)28-12-11-23-17-5-10-20(24-14-17)25-21(26)15-3-2-4-16(22)13-15/h2-10,13-14,23H,11-12H2,1H3,(H,24,25,26). The molecule has 7 heteroatoms. The second kappa shape index (κ2) is 9.36. The highest BCUT2D eigenvalue weighted by atomic mass is 19.1. The highest BCUT2D eigenvalue weighted by Gasteiger charge is 2.07. The lowest BCUT2D eigenvalue weighted by molar-refractivity contribution is 0.102. The predicted octanol–water partition coefficient (Wildman–Crippen LogP) is 3.97. The minimum Gasteiger partial charge on any atom is -0.497 e. The van der Waals surface area contributed by atoms with Gasteiger partial charge in [-0.05, 0) is 54.6 Å². The van der Waals surface area contributed by atoms with Crippen LogP contribution in [-0.2, 0) is 0 Å². The monoisotopic (exact) mass is 381 g/mol. The van der Waals surface area contributed by atoms with Crippen molar-refractivity contribution in [1.29, 1.82) is 0 Å². The highest BCUT2D eigenvalue weighted by Crippen LogP contribution is 2.17. The van der Waals surface area contributed by atoms with E-state index in [4.69, 9.17) is 9.47 Å². The van der Waals surface area contributed by atoms with Crippen molar-refractivity contribution < 1.29 is 18.7 Å². The average Bonchev–Trinajstić information content (AvgIpc) is 2.73. The van der Waals surface area contributed by atoms with Gasteiger partial charge in [-0.3, -0.25) is 4.79 Å². The molecular formula is C21H20FN3O3. The molecular weight excluding hydrogens is 361 g/mol. The van der Waals surface area contributed by atoms with E-state index in [1.807, 2.05) is 24.3 Å². The molecule has 0 radical (unpaired) electrons. The fraction of sp³-hybridized carbons (Fsp3) is 0.143. The molecule has 2 aromatic carbocycles. The molecule has 28 heavy (non-hydrogen) atoms. The van der Waals surface area contributed by atoms with Crippen LogP contribution in [0.5, 0.6) is 11.5 Å². The van der Waals surface area contributed by atoms with Crippen molar-refractivity contribution in [3.05, 3.63) is 78.2 Å². The van der Waals surface area contributed by atoms with Crippen LogP contribution in [0.15, 0.2) is 66.9 Å². The zero-order valence-electron chi connectivity index (χ0n) is 15.3. The number of amides is 1. The van der Waals surface area contributed by atoms with Crippen LogP contribution >= 0.6 is 0 Å². The van der Waals surface area contributed by atoms with Gasteiger partial charge in [0.15, 0.2) is 0 Å². The molecule has 0 aliphatic carbocycles. The molecule has 144 valence electrons. The number of carbonyl (C=O) groups is 1. The Balaban J connectivity index is 1.44. The molecule has 0 saturated carbocycles. The lowest BCUT2D eigenvalue weighted by Gasteiger charge is -2.10. The number of rotatable bonds is 8. The first-order chi connectivity index (χ1) is 13.6. The smallest absolute Gasteiger partial charge is 0.256 e. The zero-order valence-corrected chi connectivity index (χ0v) is 15.3. The number of aromatic nitrogens is 1. The van der Waals surface area contributed by atoms with E-state index in [0.717, 1.165) is 17.2 Å². The number of hydrogen-bond donors (Lipinski definition) is 2. The number of nitrogens with zero attached hydrogens (tertiary/aromatic N) is 1. The molecule has 0 unspecified atom stereocenters. The van der Waals surface area contributed by atoms with Crippen molar-refractivity contribution in [3.63, 3.8) is 0 Å². The van der Waals surface area contributed by atoms with Gasteiger partial charge >= 0.3 is 0 Å². The van der Waals surface area contributed by atoms with Crippen LogP contribution in [0, 0.1) is 5.82 Å². The fourth-order valence-electron chi connectivity index (χ4n) is 2.43. The molecule has 0 fully saturated rings. The van der Waals surface area contributed by atoms with Gasteiger partial charge in [0.05, 0.1) is 19.0 Å². The van der Waals surface area contributed by atoms with Crippen LogP contribution in [0.25, 0.3) is 0 Å². The Kier molecular flexibility index (Phi) is 6.41. The Hall–Kier alpha value is -3.61. The maximum absolute atomic E-state index is 13.2. The number of nitrogens with one attached hydrogen (secondary N) is 2. The molecule has 3 aromatic rings. The van der Waals surface area contributed by atoms with Gasteiger partial charge in [-0.25, -0.2) is 9.37 Å². The van der Waals surface area contributed by atoms with E-state index in [2.05, 4.69) is 15.6 Å². The van der Waals surface area contributed by atoms with Gasteiger partial charge in [0.25, 0.3) is 5.91 Å². The van der Waals surface area contributed by atoms with Crippen molar-refractivity contribution in [2.24, 2.45) is 0 Å². The van der Waals surface area contributed by atoms with Gasteiger partial charge in [0.1, 0.15) is 29.7 Å². The first kappa shape index (κ1) is 19.2. The SMILES string of the molecule is COc1ccc(OCCNc2ccc(NC(=O)c3cccc(F)c3)nc2)cc1. The van der Waals surface area contributed by atoms with Crippen LogP contribution in [0.1, 0.15) is 10.4 Å². The minimum absolute atomic E-state index is 0.236. The van der Waals surface area contributed by atoms with Crippen LogP contribution in [0.2, 0.25) is 0 Å². The van der Waals surface area contributed by atoms with E-state index in [9.17, 15) is 9.18 Å². The summed E-state index contributed by atoms with van der Waals surface area (Å²) in [7, 11) is 1.62. The van der Waals surface area contributed by atoms with Crippen molar-refractivity contribution in [3.8, 4) is 11.5 Å². The molecule has 0 saturated heterocycles. The fourth-order valence-corrected chi connectivity index (χ4v) is 2.43. The number of ether oxygens (including phenoxy) is 2. The summed E-state index contributed by atoms with van der Waals surface area (Å²) in [5.41, 5.74) is 1.03. The van der Waals surface area contributed by atoms with Crippen molar-refractivity contribution >= 4 is 17.4 Å². The minimum atomic E-state index is -0.461. The Labute approximate surface area is 162 Å². The third kappa shape index (κ3) is 5.44. The first-order valence-electron chi connectivity index (χ1n) is 8.68. The molecule has 1 amide bonds. The molecule has 6 nitrogen and oxygen atoms in total. The second-order valence-corrected chi connectivity index (χ2v) is 5.85. The average molecular weight is 381 g/mol. The predicted molar refractivity (Wildman–Crippen MR) is 106 cm³/mol. The number of hydrogen-bond acceptors (Lipinski definition) is 5. The second-order valence-electron chi connectivity index (χ2n) is 5.85. The molecule has 2 N–H and O–H groups in total. The molecule has 1 heterocycles. The van der Waals surface area contributed by atoms with Crippen molar-refractivity contribution in [2.75, 3.05) is 30.9 Å². The quantitative estimate of drug-likeness (QED) is 0.578. The Morgan fingerprint density at radius 1 is 1.07 bits per heavy atom. The van der Waals surface area contributed by atoms with Gasteiger partial charge in [-0.2, -0.15) is 0 Å². The molecule has 3 rings (SSSR count). The van der Waals surface area contributed by atoms with E-state index in [1.54, 1.807) is 25.4 Å². The van der Waals surface area contributed by atoms with Crippen LogP contribution in [-0.4, -0.2) is 31.2 Å². The first-order valence-corrected chi connectivity index (χ1v) is 8.68. The van der Waals surface area contributed by atoms with E-state index in [-0.39, 0.29) is 5.56 Å². The molecule has 1 aromatic heterocycles. The summed E-state index contributed by atoms with van der Waals surface area (Å²) in [6.07, 6.45) is 1.61.